The molecule has 0 radical (unpaired) electrons. The van der Waals surface area contributed by atoms with Crippen LogP contribution in [-0.4, -0.2) is 6.61 Å². The summed E-state index contributed by atoms with van der Waals surface area (Å²) in [5, 5.41) is 3.70. The molecule has 0 aromatic heterocycles. The minimum atomic E-state index is 0.252. The molecule has 19 heavy (non-hydrogen) atoms. The summed E-state index contributed by atoms with van der Waals surface area (Å²) in [4.78, 5) is 0. The monoisotopic (exact) mass is 251 g/mol. The third kappa shape index (κ3) is 1.75. The van der Waals surface area contributed by atoms with E-state index in [1.165, 1.54) is 16.8 Å². The number of hydrogen-bond acceptors (Lipinski definition) is 2. The molecular weight excluding hydrogens is 234 g/mol. The quantitative estimate of drug-likeness (QED) is 0.829. The molecule has 2 aliphatic rings. The zero-order chi connectivity index (χ0) is 12.7. The van der Waals surface area contributed by atoms with E-state index in [0.29, 0.717) is 12.0 Å². The van der Waals surface area contributed by atoms with Crippen molar-refractivity contribution in [2.75, 3.05) is 11.9 Å². The Hall–Kier alpha value is -1.80. The minimum Gasteiger partial charge on any atom is -0.378 e. The van der Waals surface area contributed by atoms with E-state index in [-0.39, 0.29) is 6.10 Å². The Balaban J connectivity index is 1.79. The fraction of sp³-hybridized carbons (Fsp3) is 0.294. The lowest BCUT2D eigenvalue weighted by Crippen LogP contribution is -2.29. The first-order chi connectivity index (χ1) is 9.43. The van der Waals surface area contributed by atoms with Crippen molar-refractivity contribution in [3.05, 3.63) is 65.7 Å². The topological polar surface area (TPSA) is 21.3 Å². The molecule has 2 aromatic carbocycles. The van der Waals surface area contributed by atoms with Crippen LogP contribution in [0.3, 0.4) is 0 Å². The van der Waals surface area contributed by atoms with Crippen LogP contribution in [0, 0.1) is 5.92 Å². The first kappa shape index (κ1) is 11.1. The molecule has 4 rings (SSSR count). The van der Waals surface area contributed by atoms with Gasteiger partial charge in [-0.25, -0.2) is 0 Å². The van der Waals surface area contributed by atoms with Crippen LogP contribution in [0.4, 0.5) is 5.69 Å². The Labute approximate surface area is 113 Å². The summed E-state index contributed by atoms with van der Waals surface area (Å²) >= 11 is 0. The highest BCUT2D eigenvalue weighted by molar-refractivity contribution is 5.57. The number of fused-ring (bicyclic) bond motifs is 3. The third-order valence-electron chi connectivity index (χ3n) is 4.30. The van der Waals surface area contributed by atoms with E-state index in [4.69, 9.17) is 4.74 Å². The molecule has 96 valence electrons. The predicted octanol–water partition coefficient (Wildman–Crippen LogP) is 3.93. The fourth-order valence-corrected chi connectivity index (χ4v) is 3.41. The lowest BCUT2D eigenvalue weighted by atomic mass is 9.81. The number of benzene rings is 2. The molecule has 1 saturated heterocycles. The second-order valence-corrected chi connectivity index (χ2v) is 5.36. The Morgan fingerprint density at radius 1 is 0.947 bits per heavy atom. The molecule has 0 spiro atoms. The van der Waals surface area contributed by atoms with Crippen molar-refractivity contribution in [3.8, 4) is 0 Å². The Morgan fingerprint density at radius 2 is 1.74 bits per heavy atom. The summed E-state index contributed by atoms with van der Waals surface area (Å²) in [5.74, 6) is 0.539. The summed E-state index contributed by atoms with van der Waals surface area (Å²) in [6.07, 6.45) is 1.38. The van der Waals surface area contributed by atoms with Gasteiger partial charge in [-0.05, 0) is 18.1 Å². The lowest BCUT2D eigenvalue weighted by Gasteiger charge is -2.36. The third-order valence-corrected chi connectivity index (χ3v) is 4.30. The summed E-state index contributed by atoms with van der Waals surface area (Å²) in [6, 6.07) is 19.6. The number of hydrogen-bond donors (Lipinski definition) is 1. The zero-order valence-electron chi connectivity index (χ0n) is 10.8. The van der Waals surface area contributed by atoms with Gasteiger partial charge < -0.3 is 10.1 Å². The predicted molar refractivity (Wildman–Crippen MR) is 76.0 cm³/mol. The van der Waals surface area contributed by atoms with Crippen LogP contribution in [0.2, 0.25) is 0 Å². The summed E-state index contributed by atoms with van der Waals surface area (Å²) < 4.78 is 6.00. The van der Waals surface area contributed by atoms with Crippen molar-refractivity contribution in [2.24, 2.45) is 5.92 Å². The second kappa shape index (κ2) is 4.39. The molecular formula is C17H17NO. The first-order valence-corrected chi connectivity index (χ1v) is 6.95. The van der Waals surface area contributed by atoms with Crippen LogP contribution < -0.4 is 5.32 Å². The first-order valence-electron chi connectivity index (χ1n) is 6.95. The Morgan fingerprint density at radius 3 is 2.63 bits per heavy atom. The van der Waals surface area contributed by atoms with E-state index >= 15 is 0 Å². The molecule has 3 atom stereocenters. The molecule has 1 fully saturated rings. The van der Waals surface area contributed by atoms with Gasteiger partial charge in [0.05, 0.1) is 12.1 Å². The maximum atomic E-state index is 6.00. The highest BCUT2D eigenvalue weighted by Gasteiger charge is 2.41. The Bertz CT molecular complexity index is 581. The number of ether oxygens (including phenoxy) is 1. The summed E-state index contributed by atoms with van der Waals surface area (Å²) in [5.41, 5.74) is 3.90. The molecule has 2 heteroatoms. The number of anilines is 1. The molecule has 0 amide bonds. The molecule has 0 saturated carbocycles. The van der Waals surface area contributed by atoms with Gasteiger partial charge in [0.2, 0.25) is 0 Å². The van der Waals surface area contributed by atoms with Crippen LogP contribution in [0.15, 0.2) is 54.6 Å². The Kier molecular flexibility index (Phi) is 2.56. The number of nitrogens with one attached hydrogen (secondary N) is 1. The number of para-hydroxylation sites is 1. The normalized spacial score (nSPS) is 28.3. The number of rotatable bonds is 1. The molecule has 2 nitrogen and oxygen atoms in total. The average molecular weight is 251 g/mol. The molecule has 2 aromatic rings. The van der Waals surface area contributed by atoms with Gasteiger partial charge in [-0.15, -0.1) is 0 Å². The van der Waals surface area contributed by atoms with Crippen LogP contribution >= 0.6 is 0 Å². The molecule has 3 unspecified atom stereocenters. The molecule has 1 N–H and O–H groups in total. The van der Waals surface area contributed by atoms with Gasteiger partial charge in [-0.3, -0.25) is 0 Å². The largest absolute Gasteiger partial charge is 0.378 e. The van der Waals surface area contributed by atoms with Crippen LogP contribution in [-0.2, 0) is 4.74 Å². The highest BCUT2D eigenvalue weighted by atomic mass is 16.5. The van der Waals surface area contributed by atoms with E-state index in [0.717, 1.165) is 13.0 Å². The zero-order valence-corrected chi connectivity index (χ0v) is 10.8. The molecule has 0 aliphatic carbocycles. The van der Waals surface area contributed by atoms with Crippen molar-refractivity contribution in [1.29, 1.82) is 0 Å². The summed E-state index contributed by atoms with van der Waals surface area (Å²) in [6.45, 7) is 0.870. The van der Waals surface area contributed by atoms with E-state index in [1.807, 2.05) is 0 Å². The van der Waals surface area contributed by atoms with Crippen LogP contribution in [0.1, 0.15) is 29.7 Å². The van der Waals surface area contributed by atoms with Crippen molar-refractivity contribution < 1.29 is 4.74 Å². The standard InChI is InChI=1S/C17H17NO/c1-2-6-12(7-3-1)16-14-10-11-19-17(14)13-8-4-5-9-15(13)18-16/h1-9,14,16-18H,10-11H2. The highest BCUT2D eigenvalue weighted by Crippen LogP contribution is 2.49. The average Bonchev–Trinajstić information content (AvgIpc) is 2.97. The van der Waals surface area contributed by atoms with Gasteiger partial charge in [0.25, 0.3) is 0 Å². The van der Waals surface area contributed by atoms with Crippen LogP contribution in [0.5, 0.6) is 0 Å². The van der Waals surface area contributed by atoms with Crippen molar-refractivity contribution >= 4 is 5.69 Å². The van der Waals surface area contributed by atoms with Crippen molar-refractivity contribution in [1.82, 2.24) is 0 Å². The van der Waals surface area contributed by atoms with Crippen LogP contribution in [0.25, 0.3) is 0 Å². The SMILES string of the molecule is c1ccc(C2Nc3ccccc3C3OCCC23)cc1. The van der Waals surface area contributed by atoms with Gasteiger partial charge in [-0.2, -0.15) is 0 Å². The minimum absolute atomic E-state index is 0.252. The maximum Gasteiger partial charge on any atom is 0.0896 e. The maximum absolute atomic E-state index is 6.00. The van der Waals surface area contributed by atoms with Gasteiger partial charge in [-0.1, -0.05) is 48.5 Å². The van der Waals surface area contributed by atoms with Gasteiger partial charge in [0.15, 0.2) is 0 Å². The summed E-state index contributed by atoms with van der Waals surface area (Å²) in [7, 11) is 0. The molecule has 0 bridgehead atoms. The smallest absolute Gasteiger partial charge is 0.0896 e. The molecule has 2 heterocycles. The fourth-order valence-electron chi connectivity index (χ4n) is 3.41. The van der Waals surface area contributed by atoms with E-state index in [9.17, 15) is 0 Å². The lowest BCUT2D eigenvalue weighted by molar-refractivity contribution is 0.0829. The second-order valence-electron chi connectivity index (χ2n) is 5.36. The van der Waals surface area contributed by atoms with Crippen molar-refractivity contribution in [2.45, 2.75) is 18.6 Å². The van der Waals surface area contributed by atoms with E-state index in [1.54, 1.807) is 0 Å². The van der Waals surface area contributed by atoms with Gasteiger partial charge in [0, 0.05) is 23.8 Å². The van der Waals surface area contributed by atoms with Gasteiger partial charge >= 0.3 is 0 Å². The van der Waals surface area contributed by atoms with E-state index in [2.05, 4.69) is 59.9 Å². The molecule has 2 aliphatic heterocycles. The van der Waals surface area contributed by atoms with E-state index < -0.39 is 0 Å². The van der Waals surface area contributed by atoms with Gasteiger partial charge in [0.1, 0.15) is 0 Å². The van der Waals surface area contributed by atoms with Crippen molar-refractivity contribution in [3.63, 3.8) is 0 Å².